The van der Waals surface area contributed by atoms with Crippen LogP contribution in [0.2, 0.25) is 5.02 Å². The Labute approximate surface area is 110 Å². The lowest BCUT2D eigenvalue weighted by molar-refractivity contribution is -0.155. The zero-order chi connectivity index (χ0) is 13.1. The summed E-state index contributed by atoms with van der Waals surface area (Å²) in [4.78, 5) is 0. The minimum absolute atomic E-state index is 0.399. The van der Waals surface area contributed by atoms with Gasteiger partial charge in [-0.1, -0.05) is 11.6 Å². The Morgan fingerprint density at radius 1 is 1.47 bits per heavy atom. The molecule has 0 saturated heterocycles. The van der Waals surface area contributed by atoms with Crippen molar-refractivity contribution in [1.29, 1.82) is 5.26 Å². The van der Waals surface area contributed by atoms with E-state index in [4.69, 9.17) is 16.9 Å². The molecular weight excluding hydrogens is 320 g/mol. The molecule has 0 fully saturated rings. The second-order valence-corrected chi connectivity index (χ2v) is 4.52. The molecule has 0 bridgehead atoms. The smallest absolute Gasteiger partial charge is 0.382 e. The molecule has 92 valence electrons. The Kier molecular flexibility index (Phi) is 4.66. The highest BCUT2D eigenvalue weighted by Gasteiger charge is 2.39. The van der Waals surface area contributed by atoms with Crippen LogP contribution in [0.5, 0.6) is 0 Å². The molecule has 1 atom stereocenters. The first-order valence-corrected chi connectivity index (χ1v) is 5.67. The lowest BCUT2D eigenvalue weighted by atomic mass is 10.1. The third-order valence-electron chi connectivity index (χ3n) is 1.98. The summed E-state index contributed by atoms with van der Waals surface area (Å²) in [6.07, 6.45) is -4.53. The highest BCUT2D eigenvalue weighted by molar-refractivity contribution is 9.10. The van der Waals surface area contributed by atoms with Crippen molar-refractivity contribution in [3.8, 4) is 6.07 Å². The van der Waals surface area contributed by atoms with E-state index in [-0.39, 0.29) is 0 Å². The van der Waals surface area contributed by atoms with E-state index in [1.807, 2.05) is 0 Å². The predicted octanol–water partition coefficient (Wildman–Crippen LogP) is 4.22. The molecule has 1 unspecified atom stereocenters. The van der Waals surface area contributed by atoms with E-state index in [2.05, 4.69) is 21.2 Å². The number of alkyl halides is 3. The Morgan fingerprint density at radius 2 is 2.12 bits per heavy atom. The molecule has 0 heterocycles. The third-order valence-corrected chi connectivity index (χ3v) is 2.90. The summed E-state index contributed by atoms with van der Waals surface area (Å²) in [5, 5.41) is 11.4. The number of nitriles is 1. The molecule has 0 amide bonds. The lowest BCUT2D eigenvalue weighted by Crippen LogP contribution is -2.28. The Hall–Kier alpha value is -0.930. The largest absolute Gasteiger partial charge is 0.406 e. The van der Waals surface area contributed by atoms with Gasteiger partial charge in [0.1, 0.15) is 0 Å². The number of hydrogen-bond acceptors (Lipinski definition) is 2. The average Bonchev–Trinajstić information content (AvgIpc) is 2.22. The van der Waals surface area contributed by atoms with Crippen LogP contribution in [0.25, 0.3) is 0 Å². The van der Waals surface area contributed by atoms with Gasteiger partial charge in [-0.2, -0.15) is 18.4 Å². The van der Waals surface area contributed by atoms with Crippen LogP contribution in [0, 0.1) is 17.2 Å². The van der Waals surface area contributed by atoms with Gasteiger partial charge in [0, 0.05) is 21.7 Å². The van der Waals surface area contributed by atoms with Crippen LogP contribution in [-0.4, -0.2) is 12.7 Å². The van der Waals surface area contributed by atoms with Gasteiger partial charge in [0.25, 0.3) is 0 Å². The SMILES string of the molecule is N#CC(CNc1cc(Cl)ccc1Br)C(F)(F)F. The van der Waals surface area contributed by atoms with Gasteiger partial charge in [-0.25, -0.2) is 0 Å². The van der Waals surface area contributed by atoms with Crippen LogP contribution in [-0.2, 0) is 0 Å². The quantitative estimate of drug-likeness (QED) is 0.902. The zero-order valence-electron chi connectivity index (χ0n) is 8.35. The maximum atomic E-state index is 12.3. The molecule has 7 heteroatoms. The van der Waals surface area contributed by atoms with Crippen LogP contribution >= 0.6 is 27.5 Å². The molecular formula is C10H7BrClF3N2. The third kappa shape index (κ3) is 4.10. The molecule has 0 aliphatic rings. The van der Waals surface area contributed by atoms with Gasteiger partial charge >= 0.3 is 6.18 Å². The van der Waals surface area contributed by atoms with Crippen LogP contribution < -0.4 is 5.32 Å². The Balaban J connectivity index is 2.73. The summed E-state index contributed by atoms with van der Waals surface area (Å²) < 4.78 is 37.5. The molecule has 17 heavy (non-hydrogen) atoms. The number of nitrogens with one attached hydrogen (secondary N) is 1. The molecule has 0 aromatic heterocycles. The van der Waals surface area contributed by atoms with Gasteiger partial charge in [-0.3, -0.25) is 0 Å². The van der Waals surface area contributed by atoms with Crippen molar-refractivity contribution >= 4 is 33.2 Å². The van der Waals surface area contributed by atoms with Gasteiger partial charge in [0.05, 0.1) is 6.07 Å². The van der Waals surface area contributed by atoms with Crippen LogP contribution in [0.15, 0.2) is 22.7 Å². The van der Waals surface area contributed by atoms with Crippen LogP contribution in [0.1, 0.15) is 0 Å². The summed E-state index contributed by atoms with van der Waals surface area (Å²) in [6, 6.07) is 5.90. The number of hydrogen-bond donors (Lipinski definition) is 1. The molecule has 1 rings (SSSR count). The molecule has 2 nitrogen and oxygen atoms in total. The molecule has 0 saturated carbocycles. The first-order chi connectivity index (χ1) is 7.84. The number of rotatable bonds is 3. The molecule has 0 spiro atoms. The van der Waals surface area contributed by atoms with Gasteiger partial charge in [-0.15, -0.1) is 0 Å². The number of anilines is 1. The molecule has 0 aliphatic heterocycles. The first kappa shape index (κ1) is 14.1. The summed E-state index contributed by atoms with van der Waals surface area (Å²) in [6.45, 7) is -0.515. The van der Waals surface area contributed by atoms with Crippen molar-refractivity contribution in [2.45, 2.75) is 6.18 Å². The lowest BCUT2D eigenvalue weighted by Gasteiger charge is -2.15. The average molecular weight is 328 g/mol. The van der Waals surface area contributed by atoms with Crippen molar-refractivity contribution in [3.63, 3.8) is 0 Å². The second kappa shape index (κ2) is 5.61. The molecule has 1 aromatic rings. The topological polar surface area (TPSA) is 35.8 Å². The van der Waals surface area contributed by atoms with Gasteiger partial charge in [0.15, 0.2) is 5.92 Å². The van der Waals surface area contributed by atoms with Gasteiger partial charge in [-0.05, 0) is 34.1 Å². The minimum Gasteiger partial charge on any atom is -0.382 e. The number of benzene rings is 1. The van der Waals surface area contributed by atoms with Crippen molar-refractivity contribution in [2.75, 3.05) is 11.9 Å². The van der Waals surface area contributed by atoms with E-state index < -0.39 is 18.6 Å². The normalized spacial score (nSPS) is 12.9. The monoisotopic (exact) mass is 326 g/mol. The number of nitrogens with zero attached hydrogens (tertiary/aromatic N) is 1. The van der Waals surface area contributed by atoms with Crippen LogP contribution in [0.3, 0.4) is 0 Å². The first-order valence-electron chi connectivity index (χ1n) is 4.50. The van der Waals surface area contributed by atoms with E-state index >= 15 is 0 Å². The van der Waals surface area contributed by atoms with E-state index in [0.717, 1.165) is 0 Å². The summed E-state index contributed by atoms with van der Waals surface area (Å²) in [5.41, 5.74) is 0.419. The Bertz CT molecular complexity index is 442. The van der Waals surface area contributed by atoms with Crippen molar-refractivity contribution in [1.82, 2.24) is 0 Å². The van der Waals surface area contributed by atoms with E-state index in [0.29, 0.717) is 15.2 Å². The highest BCUT2D eigenvalue weighted by atomic mass is 79.9. The predicted molar refractivity (Wildman–Crippen MR) is 62.8 cm³/mol. The van der Waals surface area contributed by atoms with Crippen molar-refractivity contribution in [2.24, 2.45) is 5.92 Å². The number of halogens is 5. The fourth-order valence-corrected chi connectivity index (χ4v) is 1.64. The molecule has 1 N–H and O–H groups in total. The zero-order valence-corrected chi connectivity index (χ0v) is 10.7. The summed E-state index contributed by atoms with van der Waals surface area (Å²) in [7, 11) is 0. The maximum Gasteiger partial charge on any atom is 0.406 e. The van der Waals surface area contributed by atoms with E-state index in [1.54, 1.807) is 12.1 Å². The summed E-state index contributed by atoms with van der Waals surface area (Å²) in [5.74, 6) is -2.05. The fourth-order valence-electron chi connectivity index (χ4n) is 1.08. The molecule has 0 aliphatic carbocycles. The van der Waals surface area contributed by atoms with Crippen molar-refractivity contribution in [3.05, 3.63) is 27.7 Å². The maximum absolute atomic E-state index is 12.3. The van der Waals surface area contributed by atoms with E-state index in [1.165, 1.54) is 12.1 Å². The van der Waals surface area contributed by atoms with E-state index in [9.17, 15) is 13.2 Å². The standard InChI is InChI=1S/C10H7BrClF3N2/c11-8-2-1-7(12)3-9(8)17-5-6(4-16)10(13,14)15/h1-3,6,17H,5H2. The fraction of sp³-hybridized carbons (Fsp3) is 0.300. The van der Waals surface area contributed by atoms with Crippen LogP contribution in [0.4, 0.5) is 18.9 Å². The Morgan fingerprint density at radius 3 is 2.65 bits per heavy atom. The van der Waals surface area contributed by atoms with Crippen molar-refractivity contribution < 1.29 is 13.2 Å². The van der Waals surface area contributed by atoms with Gasteiger partial charge in [0.2, 0.25) is 0 Å². The molecule has 0 radical (unpaired) electrons. The van der Waals surface area contributed by atoms with Gasteiger partial charge < -0.3 is 5.32 Å². The minimum atomic E-state index is -4.53. The molecule has 1 aromatic carbocycles. The highest BCUT2D eigenvalue weighted by Crippen LogP contribution is 2.29. The summed E-state index contributed by atoms with van der Waals surface area (Å²) >= 11 is 8.88. The second-order valence-electron chi connectivity index (χ2n) is 3.23.